The zero-order chi connectivity index (χ0) is 31.1. The largest absolute Gasteiger partial charge is 0.382 e. The molecule has 6 rings (SSSR count). The fourth-order valence-electron chi connectivity index (χ4n) is 5.83. The van der Waals surface area contributed by atoms with Gasteiger partial charge in [0, 0.05) is 48.9 Å². The number of aromatic amines is 1. The second-order valence-corrected chi connectivity index (χ2v) is 12.8. The van der Waals surface area contributed by atoms with Gasteiger partial charge in [0.2, 0.25) is 0 Å². The van der Waals surface area contributed by atoms with E-state index in [1.807, 2.05) is 36.5 Å². The normalized spacial score (nSPS) is 19.0. The van der Waals surface area contributed by atoms with E-state index in [1.165, 1.54) is 23.9 Å². The van der Waals surface area contributed by atoms with Gasteiger partial charge in [0.25, 0.3) is 11.5 Å². The summed E-state index contributed by atoms with van der Waals surface area (Å²) in [5, 5.41) is 11.4. The molecule has 0 bridgehead atoms. The summed E-state index contributed by atoms with van der Waals surface area (Å²) >= 11 is 0. The molecule has 1 fully saturated rings. The average molecular weight is 621 g/mol. The number of nitrogens with zero attached hydrogens (tertiary/aromatic N) is 6. The lowest BCUT2D eigenvalue weighted by Gasteiger charge is -2.38. The van der Waals surface area contributed by atoms with Crippen LogP contribution < -0.4 is 11.3 Å². The van der Waals surface area contributed by atoms with Crippen LogP contribution >= 0.6 is 0 Å². The van der Waals surface area contributed by atoms with E-state index in [9.17, 15) is 18.0 Å². The van der Waals surface area contributed by atoms with Gasteiger partial charge in [-0.15, -0.1) is 0 Å². The maximum atomic E-state index is 13.6. The number of carbonyl (C=O) groups is 1. The number of hydrogen-bond donors (Lipinski definition) is 2. The molecule has 0 spiro atoms. The smallest absolute Gasteiger partial charge is 0.277 e. The Hall–Kier alpha value is -4.60. The van der Waals surface area contributed by atoms with E-state index in [2.05, 4.69) is 15.3 Å². The predicted molar refractivity (Wildman–Crippen MR) is 161 cm³/mol. The standard InChI is InChI=1S/C29H32N8O6S/c1-42-14-15-43-29(28(39)35-13-10-23(38)34-35)11-8-19(9-12-29)24-25(44(2,40)41)26(30)37-27(33-24)22(17-32-37)20-16-31-36(18-20)21-6-4-3-5-7-21/h3-7,10,13,16-19H,8-9,11-12,14-15,30H2,1-2H3,(H,34,38). The molecular formula is C29H32N8O6S. The molecule has 3 N–H and O–H groups in total. The highest BCUT2D eigenvalue weighted by atomic mass is 32.2. The zero-order valence-electron chi connectivity index (χ0n) is 24.2. The number of aromatic nitrogens is 7. The van der Waals surface area contributed by atoms with Crippen LogP contribution in [0.2, 0.25) is 0 Å². The molecule has 0 aliphatic heterocycles. The minimum absolute atomic E-state index is 0.0385. The summed E-state index contributed by atoms with van der Waals surface area (Å²) in [5.74, 6) is -0.797. The van der Waals surface area contributed by atoms with Gasteiger partial charge < -0.3 is 15.2 Å². The monoisotopic (exact) mass is 620 g/mol. The van der Waals surface area contributed by atoms with Crippen LogP contribution in [0.3, 0.4) is 0 Å². The number of hydrogen-bond acceptors (Lipinski definition) is 10. The summed E-state index contributed by atoms with van der Waals surface area (Å²) in [4.78, 5) is 30.1. The van der Waals surface area contributed by atoms with Crippen molar-refractivity contribution in [3.8, 4) is 16.8 Å². The molecule has 1 aliphatic rings. The van der Waals surface area contributed by atoms with Gasteiger partial charge in [-0.2, -0.15) is 14.7 Å². The molecule has 0 atom stereocenters. The third-order valence-electron chi connectivity index (χ3n) is 8.01. The van der Waals surface area contributed by atoms with Crippen LogP contribution in [0.4, 0.5) is 5.82 Å². The number of ether oxygens (including phenoxy) is 2. The highest BCUT2D eigenvalue weighted by molar-refractivity contribution is 7.91. The number of sulfone groups is 1. The first-order valence-corrected chi connectivity index (χ1v) is 15.9. The summed E-state index contributed by atoms with van der Waals surface area (Å²) in [6.07, 6.45) is 8.86. The van der Waals surface area contributed by atoms with Gasteiger partial charge in [0.05, 0.1) is 37.0 Å². The Morgan fingerprint density at radius 1 is 1.11 bits per heavy atom. The maximum Gasteiger partial charge on any atom is 0.277 e. The minimum atomic E-state index is -3.82. The van der Waals surface area contributed by atoms with Crippen LogP contribution in [0.1, 0.15) is 42.1 Å². The number of nitrogen functional groups attached to an aromatic ring is 1. The van der Waals surface area contributed by atoms with Gasteiger partial charge in [-0.25, -0.2) is 22.8 Å². The van der Waals surface area contributed by atoms with Crippen LogP contribution in [0.5, 0.6) is 0 Å². The van der Waals surface area contributed by atoms with E-state index in [4.69, 9.17) is 20.2 Å². The number of carbonyl (C=O) groups excluding carboxylic acids is 1. The second-order valence-electron chi connectivity index (χ2n) is 10.9. The molecule has 4 aromatic heterocycles. The summed E-state index contributed by atoms with van der Waals surface area (Å²) in [5.41, 5.74) is 7.80. The van der Waals surface area contributed by atoms with E-state index in [1.54, 1.807) is 17.1 Å². The van der Waals surface area contributed by atoms with Crippen molar-refractivity contribution in [2.24, 2.45) is 0 Å². The Labute approximate surface area is 252 Å². The lowest BCUT2D eigenvalue weighted by atomic mass is 9.76. The third kappa shape index (κ3) is 5.33. The number of anilines is 1. The Morgan fingerprint density at radius 2 is 1.86 bits per heavy atom. The van der Waals surface area contributed by atoms with Gasteiger partial charge in [-0.3, -0.25) is 14.7 Å². The van der Waals surface area contributed by atoms with Crippen LogP contribution in [0.25, 0.3) is 22.5 Å². The number of benzene rings is 1. The van der Waals surface area contributed by atoms with Crippen LogP contribution in [0.15, 0.2) is 70.9 Å². The SMILES string of the molecule is COCCOC1(C(=O)n2ccc(=O)[nH]2)CCC(c2nc3c(-c4cnn(-c5ccccc5)c4)cnn3c(N)c2S(C)(=O)=O)CC1. The summed E-state index contributed by atoms with van der Waals surface area (Å²) in [6, 6.07) is 10.9. The van der Waals surface area contributed by atoms with E-state index >= 15 is 0 Å². The number of rotatable bonds is 9. The first-order valence-electron chi connectivity index (χ1n) is 14.0. The van der Waals surface area contributed by atoms with Crippen molar-refractivity contribution in [3.05, 3.63) is 77.2 Å². The second kappa shape index (κ2) is 11.5. The van der Waals surface area contributed by atoms with Crippen molar-refractivity contribution < 1.29 is 22.7 Å². The van der Waals surface area contributed by atoms with Gasteiger partial charge in [-0.05, 0) is 37.8 Å². The van der Waals surface area contributed by atoms with E-state index in [0.717, 1.165) is 22.2 Å². The molecule has 1 saturated carbocycles. The molecule has 44 heavy (non-hydrogen) atoms. The molecule has 15 heteroatoms. The third-order valence-corrected chi connectivity index (χ3v) is 9.17. The Morgan fingerprint density at radius 3 is 2.52 bits per heavy atom. The zero-order valence-corrected chi connectivity index (χ0v) is 25.0. The molecule has 1 aliphatic carbocycles. The van der Waals surface area contributed by atoms with Gasteiger partial charge >= 0.3 is 0 Å². The molecule has 0 unspecified atom stereocenters. The highest BCUT2D eigenvalue weighted by Gasteiger charge is 2.45. The summed E-state index contributed by atoms with van der Waals surface area (Å²) in [7, 11) is -2.28. The van der Waals surface area contributed by atoms with Crippen molar-refractivity contribution in [3.63, 3.8) is 0 Å². The van der Waals surface area contributed by atoms with Gasteiger partial charge in [0.1, 0.15) is 16.3 Å². The molecule has 230 valence electrons. The number of para-hydroxylation sites is 1. The molecule has 0 saturated heterocycles. The first-order chi connectivity index (χ1) is 21.1. The number of methoxy groups -OCH3 is 1. The number of fused-ring (bicyclic) bond motifs is 1. The van der Waals surface area contributed by atoms with E-state index in [0.29, 0.717) is 29.7 Å². The first kappa shape index (κ1) is 29.5. The van der Waals surface area contributed by atoms with Crippen LogP contribution in [-0.4, -0.2) is 80.7 Å². The fraction of sp³-hybridized carbons (Fsp3) is 0.345. The molecule has 14 nitrogen and oxygen atoms in total. The molecular weight excluding hydrogens is 588 g/mol. The minimum Gasteiger partial charge on any atom is -0.382 e. The van der Waals surface area contributed by atoms with Crippen molar-refractivity contribution in [1.82, 2.24) is 34.2 Å². The van der Waals surface area contributed by atoms with Crippen molar-refractivity contribution in [2.45, 2.75) is 42.1 Å². The molecule has 0 amide bonds. The van der Waals surface area contributed by atoms with E-state index < -0.39 is 26.9 Å². The van der Waals surface area contributed by atoms with Crippen LogP contribution in [0, 0.1) is 0 Å². The molecule has 0 radical (unpaired) electrons. The van der Waals surface area contributed by atoms with Crippen molar-refractivity contribution in [2.75, 3.05) is 32.3 Å². The lowest BCUT2D eigenvalue weighted by molar-refractivity contribution is -0.0685. The van der Waals surface area contributed by atoms with Crippen molar-refractivity contribution in [1.29, 1.82) is 0 Å². The molecule has 4 heterocycles. The van der Waals surface area contributed by atoms with E-state index in [-0.39, 0.29) is 42.7 Å². The lowest BCUT2D eigenvalue weighted by Crippen LogP contribution is -2.48. The quantitative estimate of drug-likeness (QED) is 0.232. The molecule has 1 aromatic carbocycles. The van der Waals surface area contributed by atoms with Gasteiger partial charge in [-0.1, -0.05) is 18.2 Å². The summed E-state index contributed by atoms with van der Waals surface area (Å²) in [6.45, 7) is 0.443. The van der Waals surface area contributed by atoms with Crippen LogP contribution in [-0.2, 0) is 19.3 Å². The van der Waals surface area contributed by atoms with Crippen molar-refractivity contribution >= 4 is 27.2 Å². The number of nitrogens with one attached hydrogen (secondary N) is 1. The maximum absolute atomic E-state index is 13.6. The fourth-order valence-corrected chi connectivity index (χ4v) is 6.89. The topological polar surface area (TPSA) is 181 Å². The molecule has 5 aromatic rings. The summed E-state index contributed by atoms with van der Waals surface area (Å²) < 4.78 is 41.6. The number of nitrogens with two attached hydrogens (primary N) is 1. The predicted octanol–water partition coefficient (Wildman–Crippen LogP) is 2.46. The van der Waals surface area contributed by atoms with Gasteiger partial charge in [0.15, 0.2) is 15.5 Å². The number of H-pyrrole nitrogens is 1. The Bertz CT molecular complexity index is 1980. The average Bonchev–Trinajstić information content (AvgIpc) is 3.77. The Kier molecular flexibility index (Phi) is 7.69. The Balaban J connectivity index is 1.38. The highest BCUT2D eigenvalue weighted by Crippen LogP contribution is 2.43.